The van der Waals surface area contributed by atoms with Crippen LogP contribution in [0.3, 0.4) is 0 Å². The molecule has 74 valence electrons. The van der Waals surface area contributed by atoms with Crippen LogP contribution >= 0.6 is 0 Å². The zero-order valence-corrected chi connectivity index (χ0v) is 6.97. The van der Waals surface area contributed by atoms with Gasteiger partial charge in [0, 0.05) is 6.54 Å². The fourth-order valence-corrected chi connectivity index (χ4v) is 1.03. The molecule has 0 atom stereocenters. The van der Waals surface area contributed by atoms with Crippen molar-refractivity contribution in [3.05, 3.63) is 17.2 Å². The molecule has 0 aliphatic heterocycles. The van der Waals surface area contributed by atoms with Gasteiger partial charge in [-0.2, -0.15) is 9.49 Å². The Kier molecular flexibility index (Phi) is 2.92. The van der Waals surface area contributed by atoms with E-state index >= 15 is 0 Å². The Bertz CT molecular complexity index is 298. The van der Waals surface area contributed by atoms with Crippen LogP contribution in [0.15, 0.2) is 0 Å². The van der Waals surface area contributed by atoms with Crippen molar-refractivity contribution in [2.24, 2.45) is 0 Å². The molecule has 0 aliphatic carbocycles. The number of alkyl halides is 2. The van der Waals surface area contributed by atoms with Crippen LogP contribution in [0.4, 0.5) is 13.2 Å². The average molecular weight is 194 g/mol. The number of aliphatic hydroxyl groups is 1. The van der Waals surface area contributed by atoms with E-state index < -0.39 is 30.2 Å². The Morgan fingerprint density at radius 2 is 2.15 bits per heavy atom. The Morgan fingerprint density at radius 1 is 1.54 bits per heavy atom. The normalized spacial score (nSPS) is 11.2. The summed E-state index contributed by atoms with van der Waals surface area (Å²) in [6.45, 7) is 0.976. The predicted molar refractivity (Wildman–Crippen MR) is 38.7 cm³/mol. The lowest BCUT2D eigenvalue weighted by Gasteiger charge is -1.95. The van der Waals surface area contributed by atoms with Gasteiger partial charge in [-0.25, -0.2) is 13.5 Å². The fourth-order valence-electron chi connectivity index (χ4n) is 1.03. The third-order valence-corrected chi connectivity index (χ3v) is 1.68. The molecule has 3 nitrogen and oxygen atoms in total. The zero-order valence-electron chi connectivity index (χ0n) is 6.97. The molecule has 0 amide bonds. The van der Waals surface area contributed by atoms with Gasteiger partial charge in [-0.15, -0.1) is 0 Å². The molecule has 0 saturated heterocycles. The molecule has 0 unspecified atom stereocenters. The molecule has 1 aromatic rings. The molecule has 6 heteroatoms. The van der Waals surface area contributed by atoms with Gasteiger partial charge in [-0.1, -0.05) is 0 Å². The second-order valence-electron chi connectivity index (χ2n) is 2.43. The first-order valence-electron chi connectivity index (χ1n) is 3.75. The number of hydrogen-bond donors (Lipinski definition) is 1. The molecule has 1 heterocycles. The van der Waals surface area contributed by atoms with Crippen molar-refractivity contribution in [3.8, 4) is 0 Å². The lowest BCUT2D eigenvalue weighted by molar-refractivity contribution is 0.141. The molecule has 1 rings (SSSR count). The van der Waals surface area contributed by atoms with Gasteiger partial charge in [-0.3, -0.25) is 0 Å². The molecular weight excluding hydrogens is 185 g/mol. The lowest BCUT2D eigenvalue weighted by Crippen LogP contribution is -2.00. The van der Waals surface area contributed by atoms with Crippen molar-refractivity contribution in [2.75, 3.05) is 0 Å². The van der Waals surface area contributed by atoms with Crippen molar-refractivity contribution >= 4 is 0 Å². The summed E-state index contributed by atoms with van der Waals surface area (Å²) in [5.41, 5.74) is -1.10. The van der Waals surface area contributed by atoms with Crippen molar-refractivity contribution in [1.29, 1.82) is 0 Å². The number of hydrogen-bond acceptors (Lipinski definition) is 2. The van der Waals surface area contributed by atoms with Gasteiger partial charge < -0.3 is 5.11 Å². The molecule has 0 radical (unpaired) electrons. The second-order valence-corrected chi connectivity index (χ2v) is 2.43. The Labute approximate surface area is 72.8 Å². The van der Waals surface area contributed by atoms with Crippen LogP contribution in [-0.4, -0.2) is 14.9 Å². The van der Waals surface area contributed by atoms with E-state index in [0.29, 0.717) is 0 Å². The maximum absolute atomic E-state index is 13.1. The van der Waals surface area contributed by atoms with E-state index in [9.17, 15) is 13.2 Å². The molecule has 13 heavy (non-hydrogen) atoms. The largest absolute Gasteiger partial charge is 0.391 e. The second kappa shape index (κ2) is 3.78. The molecule has 0 aromatic carbocycles. The maximum Gasteiger partial charge on any atom is 0.282 e. The Balaban J connectivity index is 3.19. The summed E-state index contributed by atoms with van der Waals surface area (Å²) in [5.74, 6) is -0.889. The van der Waals surface area contributed by atoms with Crippen LogP contribution in [0.2, 0.25) is 0 Å². The van der Waals surface area contributed by atoms with Crippen LogP contribution in [0.25, 0.3) is 0 Å². The average Bonchev–Trinajstić information content (AvgIpc) is 2.42. The highest BCUT2D eigenvalue weighted by atomic mass is 19.3. The third-order valence-electron chi connectivity index (χ3n) is 1.68. The van der Waals surface area contributed by atoms with Crippen molar-refractivity contribution < 1.29 is 18.3 Å². The van der Waals surface area contributed by atoms with Crippen molar-refractivity contribution in [1.82, 2.24) is 9.78 Å². The summed E-state index contributed by atoms with van der Waals surface area (Å²) in [5, 5.41) is 12.0. The van der Waals surface area contributed by atoms with Gasteiger partial charge in [0.2, 0.25) is 5.95 Å². The van der Waals surface area contributed by atoms with Crippen molar-refractivity contribution in [2.45, 2.75) is 26.5 Å². The van der Waals surface area contributed by atoms with Crippen LogP contribution in [0.1, 0.15) is 24.6 Å². The SMILES string of the molecule is CCn1nc(C(F)F)c(CO)c1F. The van der Waals surface area contributed by atoms with Crippen molar-refractivity contribution in [3.63, 3.8) is 0 Å². The standard InChI is InChI=1S/C7H9F3N2O/c1-2-12-7(10)4(3-13)5(11-12)6(8)9/h6,13H,2-3H2,1H3. The topological polar surface area (TPSA) is 38.0 Å². The number of halogens is 3. The summed E-state index contributed by atoms with van der Waals surface area (Å²) < 4.78 is 38.2. The minimum Gasteiger partial charge on any atom is -0.391 e. The van der Waals surface area contributed by atoms with Gasteiger partial charge in [-0.05, 0) is 6.92 Å². The highest BCUT2D eigenvalue weighted by Crippen LogP contribution is 2.23. The molecular formula is C7H9F3N2O. The van der Waals surface area contributed by atoms with Crippen LogP contribution < -0.4 is 0 Å². The molecule has 0 spiro atoms. The van der Waals surface area contributed by atoms with Gasteiger partial charge in [0.25, 0.3) is 6.43 Å². The smallest absolute Gasteiger partial charge is 0.282 e. The number of nitrogens with zero attached hydrogens (tertiary/aromatic N) is 2. The molecule has 1 aromatic heterocycles. The molecule has 0 aliphatic rings. The van der Waals surface area contributed by atoms with E-state index in [-0.39, 0.29) is 6.54 Å². The van der Waals surface area contributed by atoms with Crippen LogP contribution in [-0.2, 0) is 13.2 Å². The van der Waals surface area contributed by atoms with Gasteiger partial charge in [0.15, 0.2) is 0 Å². The number of aromatic nitrogens is 2. The minimum atomic E-state index is -2.86. The van der Waals surface area contributed by atoms with Gasteiger partial charge in [0.05, 0.1) is 12.2 Å². The summed E-state index contributed by atoms with van der Waals surface area (Å²) in [7, 11) is 0. The lowest BCUT2D eigenvalue weighted by atomic mass is 10.2. The van der Waals surface area contributed by atoms with Crippen LogP contribution in [0, 0.1) is 5.95 Å². The zero-order chi connectivity index (χ0) is 10.0. The number of rotatable bonds is 3. The highest BCUT2D eigenvalue weighted by Gasteiger charge is 2.22. The Hall–Kier alpha value is -1.04. The number of aliphatic hydroxyl groups excluding tert-OH is 1. The Morgan fingerprint density at radius 3 is 2.46 bits per heavy atom. The maximum atomic E-state index is 13.1. The van der Waals surface area contributed by atoms with Gasteiger partial charge in [0.1, 0.15) is 5.69 Å². The predicted octanol–water partition coefficient (Wildman–Crippen LogP) is 1.47. The van der Waals surface area contributed by atoms with E-state index in [1.165, 1.54) is 0 Å². The highest BCUT2D eigenvalue weighted by molar-refractivity contribution is 5.18. The molecule has 1 N–H and O–H groups in total. The summed E-state index contributed by atoms with van der Waals surface area (Å²) in [4.78, 5) is 0. The van der Waals surface area contributed by atoms with E-state index in [1.807, 2.05) is 0 Å². The third kappa shape index (κ3) is 1.67. The summed E-state index contributed by atoms with van der Waals surface area (Å²) >= 11 is 0. The first-order valence-corrected chi connectivity index (χ1v) is 3.75. The van der Waals surface area contributed by atoms with Gasteiger partial charge >= 0.3 is 0 Å². The summed E-state index contributed by atoms with van der Waals surface area (Å²) in [6, 6.07) is 0. The number of aryl methyl sites for hydroxylation is 1. The minimum absolute atomic E-state index is 0.158. The fraction of sp³-hybridized carbons (Fsp3) is 0.571. The quantitative estimate of drug-likeness (QED) is 0.791. The first kappa shape index (κ1) is 10.0. The molecule has 0 bridgehead atoms. The van der Waals surface area contributed by atoms with Crippen LogP contribution in [0.5, 0.6) is 0 Å². The van der Waals surface area contributed by atoms with E-state index in [1.54, 1.807) is 6.92 Å². The molecule has 0 saturated carbocycles. The first-order chi connectivity index (χ1) is 6.11. The molecule has 0 fully saturated rings. The van der Waals surface area contributed by atoms with E-state index in [4.69, 9.17) is 5.11 Å². The van der Waals surface area contributed by atoms with E-state index in [2.05, 4.69) is 5.10 Å². The monoisotopic (exact) mass is 194 g/mol. The summed E-state index contributed by atoms with van der Waals surface area (Å²) in [6.07, 6.45) is -2.86. The van der Waals surface area contributed by atoms with E-state index in [0.717, 1.165) is 4.68 Å².